The van der Waals surface area contributed by atoms with Crippen molar-refractivity contribution in [1.82, 2.24) is 0 Å². The van der Waals surface area contributed by atoms with Gasteiger partial charge in [0.05, 0.1) is 19.8 Å². The molecule has 0 unspecified atom stereocenters. The number of carbonyl (C=O) groups excluding carboxylic acids is 2. The summed E-state index contributed by atoms with van der Waals surface area (Å²) in [5.74, 6) is -0.123. The van der Waals surface area contributed by atoms with Crippen LogP contribution in [0.3, 0.4) is 0 Å². The highest BCUT2D eigenvalue weighted by Crippen LogP contribution is 2.23. The van der Waals surface area contributed by atoms with Crippen LogP contribution in [-0.4, -0.2) is 32.2 Å². The predicted octanol–water partition coefficient (Wildman–Crippen LogP) is 3.20. The number of methoxy groups -OCH3 is 2. The summed E-state index contributed by atoms with van der Waals surface area (Å²) in [4.78, 5) is 24.5. The number of esters is 1. The number of amides is 1. The number of benzene rings is 2. The van der Waals surface area contributed by atoms with E-state index in [-0.39, 0.29) is 5.56 Å². The van der Waals surface area contributed by atoms with Gasteiger partial charge in [-0.1, -0.05) is 17.7 Å². The quantitative estimate of drug-likeness (QED) is 0.816. The lowest BCUT2D eigenvalue weighted by molar-refractivity contribution is -0.123. The lowest BCUT2D eigenvalue weighted by Crippen LogP contribution is -2.30. The predicted molar refractivity (Wildman–Crippen MR) is 94.2 cm³/mol. The Labute approximate surface area is 146 Å². The molecular formula is C19H21NO5. The fourth-order valence-corrected chi connectivity index (χ4v) is 2.09. The summed E-state index contributed by atoms with van der Waals surface area (Å²) in [6.45, 7) is 3.47. The van der Waals surface area contributed by atoms with Crippen molar-refractivity contribution in [2.24, 2.45) is 0 Å². The Morgan fingerprint density at radius 3 is 2.04 bits per heavy atom. The van der Waals surface area contributed by atoms with Gasteiger partial charge in [-0.25, -0.2) is 4.79 Å². The van der Waals surface area contributed by atoms with E-state index in [1.165, 1.54) is 33.3 Å². The lowest BCUT2D eigenvalue weighted by Gasteiger charge is -2.14. The van der Waals surface area contributed by atoms with Gasteiger partial charge in [-0.2, -0.15) is 0 Å². The summed E-state index contributed by atoms with van der Waals surface area (Å²) in [5.41, 5.74) is 1.97. The first-order valence-electron chi connectivity index (χ1n) is 7.74. The molecule has 0 fully saturated rings. The van der Waals surface area contributed by atoms with Gasteiger partial charge < -0.3 is 19.5 Å². The number of hydrogen-bond donors (Lipinski definition) is 1. The van der Waals surface area contributed by atoms with E-state index in [0.717, 1.165) is 5.56 Å². The molecule has 0 heterocycles. The first-order chi connectivity index (χ1) is 11.9. The van der Waals surface area contributed by atoms with Crippen LogP contribution in [0.5, 0.6) is 11.5 Å². The highest BCUT2D eigenvalue weighted by molar-refractivity contribution is 5.97. The minimum Gasteiger partial charge on any atom is -0.497 e. The molecule has 0 aliphatic carbocycles. The van der Waals surface area contributed by atoms with Crippen molar-refractivity contribution >= 4 is 17.6 Å². The van der Waals surface area contributed by atoms with Crippen LogP contribution < -0.4 is 14.8 Å². The molecule has 0 saturated heterocycles. The zero-order valence-corrected chi connectivity index (χ0v) is 14.7. The van der Waals surface area contributed by atoms with E-state index in [1.807, 2.05) is 19.1 Å². The highest BCUT2D eigenvalue weighted by Gasteiger charge is 2.20. The molecule has 2 aromatic carbocycles. The van der Waals surface area contributed by atoms with Crippen LogP contribution in [0.15, 0.2) is 42.5 Å². The first-order valence-corrected chi connectivity index (χ1v) is 7.74. The standard InChI is InChI=1S/C19H21NO5/c1-12-5-7-15(8-6-12)20-18(21)13(2)25-19(22)14-9-16(23-3)11-17(10-14)24-4/h5-11,13H,1-4H3,(H,20,21)/t13-/m1/s1. The van der Waals surface area contributed by atoms with Crippen LogP contribution in [0.1, 0.15) is 22.8 Å². The molecule has 0 bridgehead atoms. The van der Waals surface area contributed by atoms with E-state index in [0.29, 0.717) is 17.2 Å². The molecule has 2 aromatic rings. The summed E-state index contributed by atoms with van der Waals surface area (Å²) in [6.07, 6.45) is -0.953. The summed E-state index contributed by atoms with van der Waals surface area (Å²) >= 11 is 0. The van der Waals surface area contributed by atoms with Gasteiger partial charge in [0.25, 0.3) is 5.91 Å². The zero-order valence-electron chi connectivity index (χ0n) is 14.7. The molecule has 1 N–H and O–H groups in total. The Balaban J connectivity index is 2.03. The highest BCUT2D eigenvalue weighted by atomic mass is 16.5. The monoisotopic (exact) mass is 343 g/mol. The topological polar surface area (TPSA) is 73.9 Å². The lowest BCUT2D eigenvalue weighted by atomic mass is 10.2. The number of nitrogens with one attached hydrogen (secondary N) is 1. The summed E-state index contributed by atoms with van der Waals surface area (Å²) < 4.78 is 15.5. The molecule has 0 aliphatic rings. The van der Waals surface area contributed by atoms with Gasteiger partial charge in [-0.3, -0.25) is 4.79 Å². The van der Waals surface area contributed by atoms with E-state index >= 15 is 0 Å². The Kier molecular flexibility index (Phi) is 6.00. The molecule has 1 amide bonds. The number of carbonyl (C=O) groups is 2. The summed E-state index contributed by atoms with van der Waals surface area (Å²) in [6, 6.07) is 12.0. The second-order valence-corrected chi connectivity index (χ2v) is 5.50. The maximum atomic E-state index is 12.3. The molecular weight excluding hydrogens is 322 g/mol. The number of anilines is 1. The molecule has 0 aromatic heterocycles. The number of rotatable bonds is 6. The Morgan fingerprint density at radius 1 is 0.960 bits per heavy atom. The zero-order chi connectivity index (χ0) is 18.4. The van der Waals surface area contributed by atoms with Crippen LogP contribution in [0.25, 0.3) is 0 Å². The van der Waals surface area contributed by atoms with Crippen molar-refractivity contribution in [3.8, 4) is 11.5 Å². The van der Waals surface area contributed by atoms with Crippen molar-refractivity contribution in [1.29, 1.82) is 0 Å². The van der Waals surface area contributed by atoms with Gasteiger partial charge in [0, 0.05) is 11.8 Å². The average molecular weight is 343 g/mol. The molecule has 1 atom stereocenters. The van der Waals surface area contributed by atoms with Crippen molar-refractivity contribution in [2.45, 2.75) is 20.0 Å². The van der Waals surface area contributed by atoms with E-state index in [9.17, 15) is 9.59 Å². The molecule has 0 spiro atoms. The van der Waals surface area contributed by atoms with Crippen LogP contribution in [0, 0.1) is 6.92 Å². The smallest absolute Gasteiger partial charge is 0.339 e. The van der Waals surface area contributed by atoms with E-state index in [1.54, 1.807) is 18.2 Å². The molecule has 132 valence electrons. The van der Waals surface area contributed by atoms with Gasteiger partial charge in [0.2, 0.25) is 0 Å². The van der Waals surface area contributed by atoms with Crippen LogP contribution in [0.2, 0.25) is 0 Å². The summed E-state index contributed by atoms with van der Waals surface area (Å²) in [5, 5.41) is 2.71. The fraction of sp³-hybridized carbons (Fsp3) is 0.263. The van der Waals surface area contributed by atoms with Crippen molar-refractivity contribution in [3.05, 3.63) is 53.6 Å². The van der Waals surface area contributed by atoms with Gasteiger partial charge in [-0.05, 0) is 38.1 Å². The SMILES string of the molecule is COc1cc(OC)cc(C(=O)O[C@H](C)C(=O)Nc2ccc(C)cc2)c1. The van der Waals surface area contributed by atoms with Gasteiger partial charge in [0.15, 0.2) is 6.10 Å². The third-order valence-corrected chi connectivity index (χ3v) is 3.56. The van der Waals surface area contributed by atoms with Gasteiger partial charge in [0.1, 0.15) is 11.5 Å². The molecule has 2 rings (SSSR count). The first kappa shape index (κ1) is 18.3. The number of hydrogen-bond acceptors (Lipinski definition) is 5. The number of aryl methyl sites for hydroxylation is 1. The average Bonchev–Trinajstić information content (AvgIpc) is 2.62. The normalized spacial score (nSPS) is 11.4. The maximum absolute atomic E-state index is 12.3. The summed E-state index contributed by atoms with van der Waals surface area (Å²) in [7, 11) is 2.98. The second kappa shape index (κ2) is 8.19. The molecule has 0 radical (unpaired) electrons. The van der Waals surface area contributed by atoms with Crippen LogP contribution >= 0.6 is 0 Å². The van der Waals surface area contributed by atoms with Crippen molar-refractivity contribution in [3.63, 3.8) is 0 Å². The van der Waals surface area contributed by atoms with Gasteiger partial charge >= 0.3 is 5.97 Å². The Morgan fingerprint density at radius 2 is 1.52 bits per heavy atom. The van der Waals surface area contributed by atoms with Crippen molar-refractivity contribution in [2.75, 3.05) is 19.5 Å². The third kappa shape index (κ3) is 4.97. The maximum Gasteiger partial charge on any atom is 0.339 e. The van der Waals surface area contributed by atoms with E-state index < -0.39 is 18.0 Å². The molecule has 6 heteroatoms. The van der Waals surface area contributed by atoms with Crippen molar-refractivity contribution < 1.29 is 23.8 Å². The molecule has 0 aliphatic heterocycles. The Hall–Kier alpha value is -3.02. The third-order valence-electron chi connectivity index (χ3n) is 3.56. The molecule has 6 nitrogen and oxygen atoms in total. The second-order valence-electron chi connectivity index (χ2n) is 5.50. The minimum absolute atomic E-state index is 0.242. The largest absolute Gasteiger partial charge is 0.497 e. The fourth-order valence-electron chi connectivity index (χ4n) is 2.09. The van der Waals surface area contributed by atoms with Crippen LogP contribution in [0.4, 0.5) is 5.69 Å². The van der Waals surface area contributed by atoms with E-state index in [4.69, 9.17) is 14.2 Å². The molecule has 25 heavy (non-hydrogen) atoms. The van der Waals surface area contributed by atoms with E-state index in [2.05, 4.69) is 5.32 Å². The number of ether oxygens (including phenoxy) is 3. The Bertz CT molecular complexity index is 733. The van der Waals surface area contributed by atoms with Gasteiger partial charge in [-0.15, -0.1) is 0 Å². The minimum atomic E-state index is -0.953. The van der Waals surface area contributed by atoms with Crippen LogP contribution in [-0.2, 0) is 9.53 Å². The molecule has 0 saturated carbocycles.